The van der Waals surface area contributed by atoms with Gasteiger partial charge >= 0.3 is 0 Å². The molecule has 2 heterocycles. The molecule has 0 aliphatic carbocycles. The van der Waals surface area contributed by atoms with Crippen LogP contribution in [0.3, 0.4) is 0 Å². The highest BCUT2D eigenvalue weighted by Crippen LogP contribution is 2.38. The molecule has 1 unspecified atom stereocenters. The summed E-state index contributed by atoms with van der Waals surface area (Å²) in [5.74, 6) is 1.83. The van der Waals surface area contributed by atoms with Crippen LogP contribution in [-0.4, -0.2) is 15.9 Å². The Hall–Kier alpha value is -1.14. The fraction of sp³-hybridized carbons (Fsp3) is 0.538. The van der Waals surface area contributed by atoms with Gasteiger partial charge in [-0.1, -0.05) is 20.8 Å². The summed E-state index contributed by atoms with van der Waals surface area (Å²) in [5.41, 5.74) is 7.95. The fourth-order valence-corrected chi connectivity index (χ4v) is 3.23. The smallest absolute Gasteiger partial charge is 0.149 e. The van der Waals surface area contributed by atoms with Gasteiger partial charge in [0.05, 0.1) is 5.56 Å². The van der Waals surface area contributed by atoms with Crippen LogP contribution in [0, 0.1) is 18.8 Å². The third kappa shape index (κ3) is 3.25. The molecule has 0 fully saturated rings. The zero-order valence-electron chi connectivity index (χ0n) is 11.7. The Kier molecular flexibility index (Phi) is 4.42. The van der Waals surface area contributed by atoms with Gasteiger partial charge in [0.2, 0.25) is 0 Å². The summed E-state index contributed by atoms with van der Waals surface area (Å²) in [7, 11) is 0. The molecule has 0 aliphatic rings. The predicted octanol–water partition coefficient (Wildman–Crippen LogP) is 3.86. The Morgan fingerprint density at radius 3 is 2.68 bits per heavy atom. The molecule has 104 valence electrons. The number of hydrogen-bond acceptors (Lipinski definition) is 6. The third-order valence-corrected chi connectivity index (χ3v) is 5.07. The molecule has 6 heteroatoms. The van der Waals surface area contributed by atoms with Crippen molar-refractivity contribution in [3.05, 3.63) is 11.1 Å². The highest BCUT2D eigenvalue weighted by molar-refractivity contribution is 7.15. The summed E-state index contributed by atoms with van der Waals surface area (Å²) in [6.07, 6.45) is 0. The van der Waals surface area contributed by atoms with Crippen LogP contribution in [-0.2, 0) is 0 Å². The Bertz CT molecular complexity index is 545. The van der Waals surface area contributed by atoms with E-state index in [1.54, 1.807) is 11.3 Å². The van der Waals surface area contributed by atoms with Crippen molar-refractivity contribution in [2.24, 2.45) is 11.8 Å². The van der Waals surface area contributed by atoms with Crippen LogP contribution >= 0.6 is 22.9 Å². The lowest BCUT2D eigenvalue weighted by molar-refractivity contribution is 0.440. The molecule has 1 atom stereocenters. The van der Waals surface area contributed by atoms with Crippen LogP contribution in [0.5, 0.6) is 0 Å². The van der Waals surface area contributed by atoms with Gasteiger partial charge in [-0.05, 0) is 30.3 Å². The zero-order valence-corrected chi connectivity index (χ0v) is 13.4. The number of anilines is 2. The molecule has 0 saturated carbocycles. The molecule has 0 saturated heterocycles. The van der Waals surface area contributed by atoms with Crippen LogP contribution in [0.1, 0.15) is 26.5 Å². The maximum Gasteiger partial charge on any atom is 0.149 e. The number of nitrogens with two attached hydrogens (primary N) is 1. The second-order valence-electron chi connectivity index (χ2n) is 5.17. The van der Waals surface area contributed by atoms with E-state index in [9.17, 15) is 0 Å². The number of nitrogens with zero attached hydrogens (tertiary/aromatic N) is 2. The van der Waals surface area contributed by atoms with E-state index in [-0.39, 0.29) is 0 Å². The Morgan fingerprint density at radius 1 is 1.37 bits per heavy atom. The van der Waals surface area contributed by atoms with E-state index in [1.807, 2.05) is 12.3 Å². The SMILES string of the molecule is Cc1csc(-c2c(N)nsc2NCC(C)C(C)C)n1. The van der Waals surface area contributed by atoms with Crippen molar-refractivity contribution in [2.45, 2.75) is 27.7 Å². The molecular weight excluding hydrogens is 276 g/mol. The average molecular weight is 296 g/mol. The highest BCUT2D eigenvalue weighted by Gasteiger charge is 2.17. The van der Waals surface area contributed by atoms with E-state index < -0.39 is 0 Å². The van der Waals surface area contributed by atoms with Gasteiger partial charge in [-0.15, -0.1) is 11.3 Å². The molecular formula is C13H20N4S2. The molecule has 4 nitrogen and oxygen atoms in total. The zero-order chi connectivity index (χ0) is 14.0. The molecule has 0 aliphatic heterocycles. The minimum Gasteiger partial charge on any atom is -0.382 e. The van der Waals surface area contributed by atoms with Gasteiger partial charge in [-0.25, -0.2) is 4.98 Å². The van der Waals surface area contributed by atoms with Gasteiger partial charge in [0.1, 0.15) is 15.8 Å². The lowest BCUT2D eigenvalue weighted by atomic mass is 9.98. The number of nitrogen functional groups attached to an aromatic ring is 1. The van der Waals surface area contributed by atoms with Crippen molar-refractivity contribution in [1.82, 2.24) is 9.36 Å². The molecule has 2 aromatic rings. The maximum atomic E-state index is 5.97. The van der Waals surface area contributed by atoms with Crippen molar-refractivity contribution < 1.29 is 0 Å². The standard InChI is InChI=1S/C13H20N4S2/c1-7(2)8(3)5-15-12-10(11(14)17-19-12)13-16-9(4)6-18-13/h6-8,15H,5H2,1-4H3,(H2,14,17). The predicted molar refractivity (Wildman–Crippen MR) is 84.9 cm³/mol. The van der Waals surface area contributed by atoms with Crippen LogP contribution in [0.2, 0.25) is 0 Å². The lowest BCUT2D eigenvalue weighted by Gasteiger charge is -2.16. The van der Waals surface area contributed by atoms with E-state index in [0.29, 0.717) is 17.7 Å². The van der Waals surface area contributed by atoms with Gasteiger partial charge in [0, 0.05) is 17.6 Å². The highest BCUT2D eigenvalue weighted by atomic mass is 32.1. The molecule has 0 aromatic carbocycles. The summed E-state index contributed by atoms with van der Waals surface area (Å²) < 4.78 is 4.25. The summed E-state index contributed by atoms with van der Waals surface area (Å²) in [6, 6.07) is 0. The van der Waals surface area contributed by atoms with Crippen LogP contribution < -0.4 is 11.1 Å². The molecule has 0 spiro atoms. The van der Waals surface area contributed by atoms with E-state index in [1.165, 1.54) is 11.5 Å². The number of hydrogen-bond donors (Lipinski definition) is 2. The number of rotatable bonds is 5. The molecule has 19 heavy (non-hydrogen) atoms. The normalized spacial score (nSPS) is 12.9. The van der Waals surface area contributed by atoms with E-state index in [0.717, 1.165) is 27.8 Å². The topological polar surface area (TPSA) is 63.8 Å². The molecule has 2 aromatic heterocycles. The van der Waals surface area contributed by atoms with Gasteiger partial charge in [-0.2, -0.15) is 4.37 Å². The Balaban J connectivity index is 2.18. The van der Waals surface area contributed by atoms with Crippen molar-refractivity contribution in [2.75, 3.05) is 17.6 Å². The van der Waals surface area contributed by atoms with Crippen LogP contribution in [0.15, 0.2) is 5.38 Å². The van der Waals surface area contributed by atoms with E-state index in [4.69, 9.17) is 5.73 Å². The minimum absolute atomic E-state index is 0.569. The molecule has 0 radical (unpaired) electrons. The molecule has 0 bridgehead atoms. The summed E-state index contributed by atoms with van der Waals surface area (Å²) in [4.78, 5) is 4.50. The number of thiazole rings is 1. The monoisotopic (exact) mass is 296 g/mol. The van der Waals surface area contributed by atoms with Crippen molar-refractivity contribution >= 4 is 33.7 Å². The first-order valence-corrected chi connectivity index (χ1v) is 8.05. The maximum absolute atomic E-state index is 5.97. The first kappa shape index (κ1) is 14.3. The average Bonchev–Trinajstić information content (AvgIpc) is 2.92. The molecule has 0 amide bonds. The van der Waals surface area contributed by atoms with Gasteiger partial charge < -0.3 is 11.1 Å². The molecule has 3 N–H and O–H groups in total. The Labute approximate surface area is 122 Å². The number of nitrogens with one attached hydrogen (secondary N) is 1. The summed E-state index contributed by atoms with van der Waals surface area (Å²) >= 11 is 3.03. The van der Waals surface area contributed by atoms with Crippen molar-refractivity contribution in [3.8, 4) is 10.6 Å². The summed E-state index contributed by atoms with van der Waals surface area (Å²) in [6.45, 7) is 9.63. The minimum atomic E-state index is 0.569. The van der Waals surface area contributed by atoms with Gasteiger partial charge in [0.25, 0.3) is 0 Å². The largest absolute Gasteiger partial charge is 0.382 e. The van der Waals surface area contributed by atoms with Crippen molar-refractivity contribution in [3.63, 3.8) is 0 Å². The quantitative estimate of drug-likeness (QED) is 0.879. The lowest BCUT2D eigenvalue weighted by Crippen LogP contribution is -2.16. The second kappa shape index (κ2) is 5.88. The summed E-state index contributed by atoms with van der Waals surface area (Å²) in [5, 5.41) is 7.48. The number of aryl methyl sites for hydroxylation is 1. The third-order valence-electron chi connectivity index (χ3n) is 3.27. The first-order valence-electron chi connectivity index (χ1n) is 6.40. The van der Waals surface area contributed by atoms with E-state index in [2.05, 4.69) is 35.4 Å². The van der Waals surface area contributed by atoms with Crippen molar-refractivity contribution in [1.29, 1.82) is 0 Å². The Morgan fingerprint density at radius 2 is 2.11 bits per heavy atom. The van der Waals surface area contributed by atoms with Crippen LogP contribution in [0.4, 0.5) is 10.8 Å². The molecule has 2 rings (SSSR count). The van der Waals surface area contributed by atoms with E-state index >= 15 is 0 Å². The fourth-order valence-electron chi connectivity index (χ4n) is 1.59. The van der Waals surface area contributed by atoms with Gasteiger partial charge in [-0.3, -0.25) is 0 Å². The van der Waals surface area contributed by atoms with Crippen LogP contribution in [0.25, 0.3) is 10.6 Å². The number of aromatic nitrogens is 2. The first-order chi connectivity index (χ1) is 8.99. The second-order valence-corrected chi connectivity index (χ2v) is 6.80. The van der Waals surface area contributed by atoms with Gasteiger partial charge in [0.15, 0.2) is 0 Å².